The molecule has 1 aliphatic heterocycles. The Balaban J connectivity index is 1.45. The summed E-state index contributed by atoms with van der Waals surface area (Å²) in [4.78, 5) is 0. The van der Waals surface area contributed by atoms with Gasteiger partial charge in [-0.2, -0.15) is 17.4 Å². The molecule has 0 aromatic rings. The summed E-state index contributed by atoms with van der Waals surface area (Å²) in [7, 11) is -3.26. The molecule has 0 atom stereocenters. The van der Waals surface area contributed by atoms with E-state index in [9.17, 15) is 8.42 Å². The smallest absolute Gasteiger partial charge is 0.279 e. The fraction of sp³-hybridized carbons (Fsp3) is 1.00. The second-order valence-electron chi connectivity index (χ2n) is 6.69. The third-order valence-corrected chi connectivity index (χ3v) is 6.36. The van der Waals surface area contributed by atoms with Crippen molar-refractivity contribution in [3.8, 4) is 0 Å². The van der Waals surface area contributed by atoms with Crippen LogP contribution in [0.1, 0.15) is 45.4 Å². The summed E-state index contributed by atoms with van der Waals surface area (Å²) in [6.07, 6.45) is 6.53. The van der Waals surface area contributed by atoms with Gasteiger partial charge in [-0.25, -0.2) is 0 Å². The molecule has 0 spiro atoms. The fourth-order valence-corrected chi connectivity index (χ4v) is 4.29. The lowest BCUT2D eigenvalue weighted by atomic mass is 9.98. The number of hydrogen-bond acceptors (Lipinski definition) is 3. The lowest BCUT2D eigenvalue weighted by molar-refractivity contribution is 0.263. The van der Waals surface area contributed by atoms with Crippen LogP contribution in [0, 0.1) is 5.92 Å². The van der Waals surface area contributed by atoms with Crippen LogP contribution in [0.5, 0.6) is 0 Å². The van der Waals surface area contributed by atoms with Crippen LogP contribution in [0.15, 0.2) is 0 Å². The van der Waals surface area contributed by atoms with E-state index in [2.05, 4.69) is 10.0 Å². The summed E-state index contributed by atoms with van der Waals surface area (Å²) in [5.41, 5.74) is -0.163. The van der Waals surface area contributed by atoms with Gasteiger partial charge in [0.05, 0.1) is 0 Å². The van der Waals surface area contributed by atoms with Crippen LogP contribution in [-0.4, -0.2) is 43.9 Å². The Morgan fingerprint density at radius 2 is 1.79 bits per heavy atom. The van der Waals surface area contributed by atoms with E-state index in [0.717, 1.165) is 38.3 Å². The summed E-state index contributed by atoms with van der Waals surface area (Å²) in [5.74, 6) is 0.642. The zero-order valence-corrected chi connectivity index (χ0v) is 12.5. The highest BCUT2D eigenvalue weighted by molar-refractivity contribution is 7.87. The van der Waals surface area contributed by atoms with Crippen LogP contribution < -0.4 is 10.0 Å². The van der Waals surface area contributed by atoms with Gasteiger partial charge >= 0.3 is 0 Å². The van der Waals surface area contributed by atoms with Crippen molar-refractivity contribution in [3.05, 3.63) is 0 Å². The zero-order chi connectivity index (χ0) is 13.5. The molecule has 1 saturated heterocycles. The van der Waals surface area contributed by atoms with Crippen molar-refractivity contribution in [1.82, 2.24) is 14.3 Å². The number of hydrogen-bond donors (Lipinski definition) is 2. The summed E-state index contributed by atoms with van der Waals surface area (Å²) in [5, 5.41) is 3.54. The maximum absolute atomic E-state index is 12.2. The van der Waals surface area contributed by atoms with Gasteiger partial charge in [0.25, 0.3) is 10.2 Å². The van der Waals surface area contributed by atoms with Gasteiger partial charge in [-0.15, -0.1) is 0 Å². The van der Waals surface area contributed by atoms with Gasteiger partial charge < -0.3 is 5.32 Å². The quantitative estimate of drug-likeness (QED) is 0.761. The molecule has 0 amide bonds. The van der Waals surface area contributed by atoms with Crippen molar-refractivity contribution in [1.29, 1.82) is 0 Å². The second-order valence-corrected chi connectivity index (χ2v) is 8.36. The predicted octanol–water partition coefficient (Wildman–Crippen LogP) is 0.837. The van der Waals surface area contributed by atoms with Crippen LogP contribution in [0.3, 0.4) is 0 Å². The predicted molar refractivity (Wildman–Crippen MR) is 75.0 cm³/mol. The zero-order valence-electron chi connectivity index (χ0n) is 11.7. The molecule has 3 rings (SSSR count). The molecule has 3 fully saturated rings. The SMILES string of the molecule is CC1(NS(=O)(=O)N2CCC(CNC3CC3)CC2)CC1. The van der Waals surface area contributed by atoms with Gasteiger partial charge in [-0.05, 0) is 57.9 Å². The van der Waals surface area contributed by atoms with Gasteiger partial charge in [0.15, 0.2) is 0 Å². The van der Waals surface area contributed by atoms with Crippen LogP contribution >= 0.6 is 0 Å². The molecule has 5 nitrogen and oxygen atoms in total. The largest absolute Gasteiger partial charge is 0.314 e. The van der Waals surface area contributed by atoms with Crippen molar-refractivity contribution in [3.63, 3.8) is 0 Å². The minimum absolute atomic E-state index is 0.163. The first-order chi connectivity index (χ1) is 8.97. The van der Waals surface area contributed by atoms with Crippen molar-refractivity contribution in [2.24, 2.45) is 5.92 Å². The fourth-order valence-electron chi connectivity index (χ4n) is 2.64. The molecule has 2 aliphatic carbocycles. The molecule has 0 aromatic heterocycles. The Kier molecular flexibility index (Phi) is 3.62. The molecule has 0 radical (unpaired) electrons. The van der Waals surface area contributed by atoms with E-state index >= 15 is 0 Å². The van der Waals surface area contributed by atoms with Crippen molar-refractivity contribution in [2.45, 2.75) is 57.0 Å². The van der Waals surface area contributed by atoms with Gasteiger partial charge in [-0.3, -0.25) is 0 Å². The van der Waals surface area contributed by atoms with Gasteiger partial charge in [-0.1, -0.05) is 0 Å². The summed E-state index contributed by atoms with van der Waals surface area (Å²) < 4.78 is 28.9. The Bertz CT molecular complexity index is 421. The van der Waals surface area contributed by atoms with E-state index in [0.29, 0.717) is 19.0 Å². The molecule has 1 heterocycles. The lowest BCUT2D eigenvalue weighted by Gasteiger charge is -2.32. The van der Waals surface area contributed by atoms with Gasteiger partial charge in [0.2, 0.25) is 0 Å². The maximum Gasteiger partial charge on any atom is 0.279 e. The minimum atomic E-state index is -3.26. The van der Waals surface area contributed by atoms with E-state index in [1.54, 1.807) is 4.31 Å². The van der Waals surface area contributed by atoms with Gasteiger partial charge in [0, 0.05) is 24.7 Å². The molecule has 0 bridgehead atoms. The van der Waals surface area contributed by atoms with E-state index in [4.69, 9.17) is 0 Å². The van der Waals surface area contributed by atoms with Crippen LogP contribution in [0.4, 0.5) is 0 Å². The Hall–Kier alpha value is -0.170. The molecule has 2 saturated carbocycles. The number of piperidine rings is 1. The standard InChI is InChI=1S/C13H25N3O2S/c1-13(6-7-13)15-19(17,18)16-8-4-11(5-9-16)10-14-12-2-3-12/h11-12,14-15H,2-10H2,1H3. The van der Waals surface area contributed by atoms with Crippen molar-refractivity contribution < 1.29 is 8.42 Å². The first-order valence-electron chi connectivity index (χ1n) is 7.49. The number of nitrogens with zero attached hydrogens (tertiary/aromatic N) is 1. The molecule has 6 heteroatoms. The Labute approximate surface area is 116 Å². The van der Waals surface area contributed by atoms with E-state index in [1.165, 1.54) is 12.8 Å². The highest BCUT2D eigenvalue weighted by Gasteiger charge is 2.43. The number of rotatable bonds is 6. The monoisotopic (exact) mass is 287 g/mol. The van der Waals surface area contributed by atoms with Crippen LogP contribution in [-0.2, 0) is 10.2 Å². The molecular formula is C13H25N3O2S. The summed E-state index contributed by atoms with van der Waals surface area (Å²) in [6.45, 7) is 4.38. The van der Waals surface area contributed by atoms with Gasteiger partial charge in [0.1, 0.15) is 0 Å². The van der Waals surface area contributed by atoms with E-state index < -0.39 is 10.2 Å². The van der Waals surface area contributed by atoms with Crippen molar-refractivity contribution >= 4 is 10.2 Å². The highest BCUT2D eigenvalue weighted by atomic mass is 32.2. The highest BCUT2D eigenvalue weighted by Crippen LogP contribution is 2.35. The molecule has 19 heavy (non-hydrogen) atoms. The first-order valence-corrected chi connectivity index (χ1v) is 8.93. The maximum atomic E-state index is 12.2. The topological polar surface area (TPSA) is 61.4 Å². The third-order valence-electron chi connectivity index (χ3n) is 4.56. The Morgan fingerprint density at radius 1 is 1.16 bits per heavy atom. The lowest BCUT2D eigenvalue weighted by Crippen LogP contribution is -2.49. The summed E-state index contributed by atoms with van der Waals surface area (Å²) >= 11 is 0. The first kappa shape index (κ1) is 13.8. The van der Waals surface area contributed by atoms with Crippen molar-refractivity contribution in [2.75, 3.05) is 19.6 Å². The second kappa shape index (κ2) is 4.98. The average Bonchev–Trinajstić information content (AvgIpc) is 3.25. The average molecular weight is 287 g/mol. The molecule has 0 aromatic carbocycles. The van der Waals surface area contributed by atoms with E-state index in [-0.39, 0.29) is 5.54 Å². The summed E-state index contributed by atoms with van der Waals surface area (Å²) in [6, 6.07) is 0.748. The molecule has 2 N–H and O–H groups in total. The number of nitrogens with one attached hydrogen (secondary N) is 2. The van der Waals surface area contributed by atoms with E-state index in [1.807, 2.05) is 6.92 Å². The van der Waals surface area contributed by atoms with Crippen LogP contribution in [0.25, 0.3) is 0 Å². The third kappa shape index (κ3) is 3.68. The molecule has 110 valence electrons. The normalized spacial score (nSPS) is 28.5. The van der Waals surface area contributed by atoms with Crippen LogP contribution in [0.2, 0.25) is 0 Å². The molecular weight excluding hydrogens is 262 g/mol. The molecule has 0 unspecified atom stereocenters. The molecule has 3 aliphatic rings. The minimum Gasteiger partial charge on any atom is -0.314 e. The Morgan fingerprint density at radius 3 is 2.32 bits per heavy atom.